The van der Waals surface area contributed by atoms with Crippen molar-refractivity contribution >= 4 is 11.4 Å². The molecule has 0 saturated heterocycles. The summed E-state index contributed by atoms with van der Waals surface area (Å²) in [6, 6.07) is 22.5. The summed E-state index contributed by atoms with van der Waals surface area (Å²) in [5, 5.41) is 0. The molecule has 0 heterocycles. The molecule has 292 valence electrons. The molecule has 5 aliphatic carbocycles. The van der Waals surface area contributed by atoms with Crippen molar-refractivity contribution in [2.24, 2.45) is 17.8 Å². The first-order chi connectivity index (χ1) is 27.6. The molecule has 5 aliphatic rings. The van der Waals surface area contributed by atoms with Gasteiger partial charge < -0.3 is 14.7 Å². The summed E-state index contributed by atoms with van der Waals surface area (Å²) in [5.41, 5.74) is 11.3. The number of hydrogen-bond donors (Lipinski definition) is 0. The van der Waals surface area contributed by atoms with Crippen LogP contribution in [0.25, 0.3) is 0 Å². The number of allylic oxidation sites excluding steroid dienone is 13. The van der Waals surface area contributed by atoms with Gasteiger partial charge in [-0.25, -0.2) is 0 Å². The Labute approximate surface area is 339 Å². The number of nitrogens with zero attached hydrogens (tertiary/aromatic N) is 3. The lowest BCUT2D eigenvalue weighted by Gasteiger charge is -2.44. The highest BCUT2D eigenvalue weighted by molar-refractivity contribution is 5.61. The van der Waals surface area contributed by atoms with Gasteiger partial charge in [0.1, 0.15) is 0 Å². The van der Waals surface area contributed by atoms with Crippen molar-refractivity contribution in [2.75, 3.05) is 16.8 Å². The zero-order valence-electron chi connectivity index (χ0n) is 34.4. The van der Waals surface area contributed by atoms with Gasteiger partial charge in [0.2, 0.25) is 0 Å². The second-order valence-corrected chi connectivity index (χ2v) is 16.4. The van der Waals surface area contributed by atoms with Gasteiger partial charge in [-0.3, -0.25) is 0 Å². The third kappa shape index (κ3) is 9.26. The second-order valence-electron chi connectivity index (χ2n) is 16.4. The first kappa shape index (κ1) is 39.5. The minimum atomic E-state index is 0.337. The van der Waals surface area contributed by atoms with E-state index in [1.807, 2.05) is 0 Å². The molecule has 0 aromatic heterocycles. The topological polar surface area (TPSA) is 9.72 Å². The highest BCUT2D eigenvalue weighted by atomic mass is 15.2. The van der Waals surface area contributed by atoms with Gasteiger partial charge in [-0.05, 0) is 155 Å². The van der Waals surface area contributed by atoms with Gasteiger partial charge in [0.25, 0.3) is 0 Å². The van der Waals surface area contributed by atoms with Crippen molar-refractivity contribution in [3.63, 3.8) is 0 Å². The van der Waals surface area contributed by atoms with E-state index in [0.29, 0.717) is 29.8 Å². The SMILES string of the molecule is C=CC(C1CCC=C(N(C2=CCC(N(C3=CCCC=C3)C3CC=C(/C(=C/C=C/N(C)c4ccccc4)CCC)CC3)C=C2)c2ccccc2)C1)C1CC/C1=C/C. The van der Waals surface area contributed by atoms with Crippen molar-refractivity contribution < 1.29 is 0 Å². The van der Waals surface area contributed by atoms with E-state index in [2.05, 4.69) is 182 Å². The number of benzene rings is 2. The van der Waals surface area contributed by atoms with Gasteiger partial charge in [0.15, 0.2) is 0 Å². The van der Waals surface area contributed by atoms with Crippen molar-refractivity contribution in [2.45, 2.75) is 109 Å². The molecule has 2 aromatic carbocycles. The van der Waals surface area contributed by atoms with Crippen molar-refractivity contribution in [1.29, 1.82) is 0 Å². The van der Waals surface area contributed by atoms with Crippen LogP contribution in [0.1, 0.15) is 97.3 Å². The van der Waals surface area contributed by atoms with Gasteiger partial charge in [0.05, 0.1) is 6.04 Å². The van der Waals surface area contributed by atoms with Crippen LogP contribution in [0.5, 0.6) is 0 Å². The predicted octanol–water partition coefficient (Wildman–Crippen LogP) is 13.9. The summed E-state index contributed by atoms with van der Waals surface area (Å²) >= 11 is 0. The van der Waals surface area contributed by atoms with Crippen molar-refractivity contribution in [3.8, 4) is 0 Å². The Morgan fingerprint density at radius 1 is 0.839 bits per heavy atom. The summed E-state index contributed by atoms with van der Waals surface area (Å²) in [4.78, 5) is 7.55. The fourth-order valence-corrected chi connectivity index (χ4v) is 9.90. The molecule has 7 rings (SSSR count). The van der Waals surface area contributed by atoms with Gasteiger partial charge in [-0.1, -0.05) is 110 Å². The second kappa shape index (κ2) is 19.4. The van der Waals surface area contributed by atoms with Crippen LogP contribution in [-0.4, -0.2) is 24.0 Å². The van der Waals surface area contributed by atoms with Crippen molar-refractivity contribution in [3.05, 3.63) is 180 Å². The summed E-state index contributed by atoms with van der Waals surface area (Å²) < 4.78 is 0. The number of rotatable bonds is 15. The maximum Gasteiger partial charge on any atom is 0.0515 e. The first-order valence-electron chi connectivity index (χ1n) is 21.8. The molecule has 0 amide bonds. The summed E-state index contributed by atoms with van der Waals surface area (Å²) in [6.45, 7) is 8.89. The van der Waals surface area contributed by atoms with E-state index >= 15 is 0 Å². The van der Waals surface area contributed by atoms with Gasteiger partial charge in [-0.15, -0.1) is 6.58 Å². The summed E-state index contributed by atoms with van der Waals surface area (Å²) in [6.07, 6.45) is 46.3. The molecule has 5 atom stereocenters. The van der Waals surface area contributed by atoms with Crippen LogP contribution >= 0.6 is 0 Å². The molecule has 1 saturated carbocycles. The maximum atomic E-state index is 4.37. The molecule has 0 aliphatic heterocycles. The smallest absolute Gasteiger partial charge is 0.0515 e. The zero-order valence-corrected chi connectivity index (χ0v) is 34.4. The third-order valence-electron chi connectivity index (χ3n) is 13.0. The molecule has 1 fully saturated rings. The predicted molar refractivity (Wildman–Crippen MR) is 241 cm³/mol. The molecule has 3 nitrogen and oxygen atoms in total. The van der Waals surface area contributed by atoms with E-state index in [1.54, 1.807) is 11.1 Å². The van der Waals surface area contributed by atoms with Crippen LogP contribution in [-0.2, 0) is 0 Å². The van der Waals surface area contributed by atoms with E-state index in [0.717, 1.165) is 57.8 Å². The molecular weight excluding hydrogens is 679 g/mol. The quantitative estimate of drug-likeness (QED) is 0.133. The van der Waals surface area contributed by atoms with Crippen LogP contribution in [0.3, 0.4) is 0 Å². The lowest BCUT2D eigenvalue weighted by molar-refractivity contribution is 0.202. The third-order valence-corrected chi connectivity index (χ3v) is 13.0. The van der Waals surface area contributed by atoms with Crippen LogP contribution in [0, 0.1) is 17.8 Å². The van der Waals surface area contributed by atoms with Gasteiger partial charge in [0, 0.05) is 47.8 Å². The lowest BCUT2D eigenvalue weighted by Crippen LogP contribution is -2.43. The molecule has 0 radical (unpaired) electrons. The molecule has 0 bridgehead atoms. The normalized spacial score (nSPS) is 25.1. The first-order valence-corrected chi connectivity index (χ1v) is 21.8. The van der Waals surface area contributed by atoms with Crippen LogP contribution in [0.4, 0.5) is 11.4 Å². The average Bonchev–Trinajstić information content (AvgIpc) is 3.24. The van der Waals surface area contributed by atoms with Crippen LogP contribution < -0.4 is 9.80 Å². The van der Waals surface area contributed by atoms with Gasteiger partial charge in [-0.2, -0.15) is 0 Å². The molecule has 0 N–H and O–H groups in total. The molecule has 5 unspecified atom stereocenters. The Bertz CT molecular complexity index is 1910. The Morgan fingerprint density at radius 3 is 2.27 bits per heavy atom. The largest absolute Gasteiger partial charge is 0.362 e. The monoisotopic (exact) mass is 744 g/mol. The zero-order chi connectivity index (χ0) is 38.7. The fraction of sp³-hybridized carbons (Fsp3) is 0.396. The van der Waals surface area contributed by atoms with Crippen LogP contribution in [0.2, 0.25) is 0 Å². The average molecular weight is 744 g/mol. The Balaban J connectivity index is 1.08. The highest BCUT2D eigenvalue weighted by Crippen LogP contribution is 2.47. The Morgan fingerprint density at radius 2 is 1.64 bits per heavy atom. The minimum absolute atomic E-state index is 0.337. The molecule has 56 heavy (non-hydrogen) atoms. The molecule has 2 aromatic rings. The minimum Gasteiger partial charge on any atom is -0.362 e. The number of hydrogen-bond acceptors (Lipinski definition) is 3. The fourth-order valence-electron chi connectivity index (χ4n) is 9.90. The Hall–Kier alpha value is -4.76. The maximum absolute atomic E-state index is 4.37. The van der Waals surface area contributed by atoms with E-state index in [9.17, 15) is 0 Å². The number of para-hydroxylation sites is 2. The van der Waals surface area contributed by atoms with E-state index in [4.69, 9.17) is 0 Å². The highest BCUT2D eigenvalue weighted by Gasteiger charge is 2.37. The van der Waals surface area contributed by atoms with Gasteiger partial charge >= 0.3 is 0 Å². The number of anilines is 2. The van der Waals surface area contributed by atoms with E-state index < -0.39 is 0 Å². The van der Waals surface area contributed by atoms with E-state index in [-0.39, 0.29) is 0 Å². The standard InChI is InChI=1S/C53H65N3/c1-5-19-42(21-18-39-54(4)45-22-11-8-12-23-45)43-29-32-48(33-30-43)55(46-24-13-9-14-25-46)49-34-36-50(37-35-49)56(47-26-15-10-16-27-47)51-28-17-20-44(40-51)52(7-3)53-38-31-41(53)6-2/h6-8,10-13,15-16,18,21-29,34,36-37,39,44,48-49,52-53H,3,5,9,14,17,19-20,30-33,35,38,40H2,1-2,4H3/b39-18+,41-6-,42-21+. The summed E-state index contributed by atoms with van der Waals surface area (Å²) in [5.74, 6) is 1.86. The van der Waals surface area contributed by atoms with Crippen molar-refractivity contribution in [1.82, 2.24) is 4.90 Å². The Kier molecular flexibility index (Phi) is 13.7. The van der Waals surface area contributed by atoms with E-state index in [1.165, 1.54) is 59.7 Å². The molecule has 0 spiro atoms. The molecular formula is C53H65N3. The molecule has 3 heteroatoms. The van der Waals surface area contributed by atoms with Crippen LogP contribution in [0.15, 0.2) is 180 Å². The summed E-state index contributed by atoms with van der Waals surface area (Å²) in [7, 11) is 2.13. The lowest BCUT2D eigenvalue weighted by atomic mass is 9.65.